The first-order chi connectivity index (χ1) is 11.9. The van der Waals surface area contributed by atoms with Gasteiger partial charge >= 0.3 is 0 Å². The molecule has 24 heavy (non-hydrogen) atoms. The Morgan fingerprint density at radius 1 is 0.792 bits per heavy atom. The molecule has 0 N–H and O–H groups in total. The van der Waals surface area contributed by atoms with E-state index in [1.165, 1.54) is 37.7 Å². The molecule has 0 amide bonds. The van der Waals surface area contributed by atoms with Crippen LogP contribution in [0.1, 0.15) is 43.4 Å². The van der Waals surface area contributed by atoms with Crippen LogP contribution >= 0.6 is 0 Å². The quantitative estimate of drug-likeness (QED) is 0.616. The summed E-state index contributed by atoms with van der Waals surface area (Å²) in [6, 6.07) is 20.9. The van der Waals surface area contributed by atoms with Crippen molar-refractivity contribution in [2.24, 2.45) is 0 Å². The van der Waals surface area contributed by atoms with E-state index >= 15 is 0 Å². The Kier molecular flexibility index (Phi) is 4.46. The Balaban J connectivity index is 1.41. The molecule has 1 aliphatic carbocycles. The van der Waals surface area contributed by atoms with Gasteiger partial charge in [-0.3, -0.25) is 0 Å². The van der Waals surface area contributed by atoms with Crippen molar-refractivity contribution in [3.05, 3.63) is 77.8 Å². The molecule has 0 atom stereocenters. The first-order valence-electron chi connectivity index (χ1n) is 8.81. The van der Waals surface area contributed by atoms with Crippen LogP contribution in [-0.2, 0) is 6.61 Å². The van der Waals surface area contributed by atoms with Crippen LogP contribution in [0.5, 0.6) is 5.75 Å². The number of benzene rings is 2. The van der Waals surface area contributed by atoms with Crippen LogP contribution in [0.4, 0.5) is 0 Å². The highest BCUT2D eigenvalue weighted by molar-refractivity contribution is 5.78. The first kappa shape index (κ1) is 15.2. The highest BCUT2D eigenvalue weighted by Gasteiger charge is 2.15. The number of fused-ring (bicyclic) bond motifs is 1. The van der Waals surface area contributed by atoms with Crippen LogP contribution in [0.25, 0.3) is 10.9 Å². The third-order valence-electron chi connectivity index (χ3n) is 4.76. The maximum absolute atomic E-state index is 5.91. The Morgan fingerprint density at radius 3 is 2.42 bits per heavy atom. The molecule has 2 aromatic carbocycles. The largest absolute Gasteiger partial charge is 0.487 e. The second kappa shape index (κ2) is 7.04. The molecule has 0 bridgehead atoms. The highest BCUT2D eigenvalue weighted by atomic mass is 16.5. The molecular weight excluding hydrogens is 294 g/mol. The van der Waals surface area contributed by atoms with Crippen molar-refractivity contribution in [3.63, 3.8) is 0 Å². The fraction of sp³-hybridized carbons (Fsp3) is 0.273. The van der Waals surface area contributed by atoms with Gasteiger partial charge in [0.2, 0.25) is 0 Å². The summed E-state index contributed by atoms with van der Waals surface area (Å²) in [5.41, 5.74) is 3.35. The lowest BCUT2D eigenvalue weighted by atomic mass is 9.84. The van der Waals surface area contributed by atoms with Crippen molar-refractivity contribution in [2.45, 2.75) is 38.7 Å². The Hall–Kier alpha value is -2.35. The molecule has 0 saturated heterocycles. The SMILES string of the molecule is c1ccc2nc(COc3ccc([C]4CCCCC4)cc3)ccc2c1. The summed E-state index contributed by atoms with van der Waals surface area (Å²) in [5, 5.41) is 1.16. The Labute approximate surface area is 143 Å². The third-order valence-corrected chi connectivity index (χ3v) is 4.76. The van der Waals surface area contributed by atoms with Gasteiger partial charge in [0.05, 0.1) is 11.2 Å². The summed E-state index contributed by atoms with van der Waals surface area (Å²) in [4.78, 5) is 4.65. The monoisotopic (exact) mass is 316 g/mol. The molecule has 2 nitrogen and oxygen atoms in total. The van der Waals surface area contributed by atoms with E-state index in [9.17, 15) is 0 Å². The summed E-state index contributed by atoms with van der Waals surface area (Å²) >= 11 is 0. The average Bonchev–Trinajstić information content (AvgIpc) is 2.67. The predicted molar refractivity (Wildman–Crippen MR) is 97.9 cm³/mol. The summed E-state index contributed by atoms with van der Waals surface area (Å²) in [6.07, 6.45) is 6.55. The lowest BCUT2D eigenvalue weighted by Crippen LogP contribution is -2.05. The molecule has 1 aromatic heterocycles. The van der Waals surface area contributed by atoms with Gasteiger partial charge in [-0.25, -0.2) is 4.98 Å². The highest BCUT2D eigenvalue weighted by Crippen LogP contribution is 2.32. The topological polar surface area (TPSA) is 22.1 Å². The molecule has 1 radical (unpaired) electrons. The van der Waals surface area contributed by atoms with Gasteiger partial charge in [0.1, 0.15) is 12.4 Å². The van der Waals surface area contributed by atoms with Crippen molar-refractivity contribution in [1.82, 2.24) is 4.98 Å². The summed E-state index contributed by atoms with van der Waals surface area (Å²) in [5.74, 6) is 2.51. The van der Waals surface area contributed by atoms with Crippen LogP contribution < -0.4 is 4.74 Å². The van der Waals surface area contributed by atoms with Gasteiger partial charge < -0.3 is 4.74 Å². The lowest BCUT2D eigenvalue weighted by molar-refractivity contribution is 0.301. The van der Waals surface area contributed by atoms with Crippen molar-refractivity contribution in [3.8, 4) is 5.75 Å². The van der Waals surface area contributed by atoms with Crippen molar-refractivity contribution in [1.29, 1.82) is 0 Å². The second-order valence-corrected chi connectivity index (χ2v) is 6.47. The van der Waals surface area contributed by atoms with Gasteiger partial charge in [-0.2, -0.15) is 0 Å². The average molecular weight is 316 g/mol. The zero-order chi connectivity index (χ0) is 16.2. The Morgan fingerprint density at radius 2 is 1.58 bits per heavy atom. The maximum Gasteiger partial charge on any atom is 0.130 e. The number of pyridine rings is 1. The summed E-state index contributed by atoms with van der Waals surface area (Å²) < 4.78 is 5.91. The van der Waals surface area contributed by atoms with Crippen LogP contribution in [0.2, 0.25) is 0 Å². The molecule has 1 saturated carbocycles. The van der Waals surface area contributed by atoms with E-state index < -0.39 is 0 Å². The molecular formula is C22H22NO. The van der Waals surface area contributed by atoms with Gasteiger partial charge in [0, 0.05) is 11.3 Å². The number of aromatic nitrogens is 1. The van der Waals surface area contributed by atoms with Crippen LogP contribution in [0.15, 0.2) is 60.7 Å². The maximum atomic E-state index is 5.91. The first-order valence-corrected chi connectivity index (χ1v) is 8.81. The minimum atomic E-state index is 0.501. The molecule has 2 heteroatoms. The minimum Gasteiger partial charge on any atom is -0.487 e. The fourth-order valence-corrected chi connectivity index (χ4v) is 3.40. The van der Waals surface area contributed by atoms with E-state index in [2.05, 4.69) is 41.4 Å². The number of ether oxygens (including phenoxy) is 1. The molecule has 4 rings (SSSR count). The summed E-state index contributed by atoms with van der Waals surface area (Å²) in [6.45, 7) is 0.501. The zero-order valence-corrected chi connectivity index (χ0v) is 13.9. The number of para-hydroxylation sites is 1. The van der Waals surface area contributed by atoms with Crippen LogP contribution in [-0.4, -0.2) is 4.98 Å². The molecule has 121 valence electrons. The van der Waals surface area contributed by atoms with Gasteiger partial charge in [0.25, 0.3) is 0 Å². The predicted octanol–water partition coefficient (Wildman–Crippen LogP) is 5.70. The number of nitrogens with zero attached hydrogens (tertiary/aromatic N) is 1. The van der Waals surface area contributed by atoms with E-state index in [1.807, 2.05) is 24.3 Å². The molecule has 1 aliphatic rings. The molecule has 0 aliphatic heterocycles. The molecule has 1 fully saturated rings. The molecule has 0 spiro atoms. The van der Waals surface area contributed by atoms with Gasteiger partial charge in [0.15, 0.2) is 0 Å². The van der Waals surface area contributed by atoms with Gasteiger partial charge in [-0.05, 0) is 42.7 Å². The van der Waals surface area contributed by atoms with Crippen molar-refractivity contribution < 1.29 is 4.74 Å². The number of hydrogen-bond acceptors (Lipinski definition) is 2. The third kappa shape index (κ3) is 3.43. The van der Waals surface area contributed by atoms with E-state index in [0.29, 0.717) is 6.61 Å². The van der Waals surface area contributed by atoms with Gasteiger partial charge in [-0.15, -0.1) is 0 Å². The molecule has 1 heterocycles. The second-order valence-electron chi connectivity index (χ2n) is 6.47. The lowest BCUT2D eigenvalue weighted by Gasteiger charge is -2.21. The molecule has 3 aromatic rings. The van der Waals surface area contributed by atoms with E-state index in [0.717, 1.165) is 22.3 Å². The van der Waals surface area contributed by atoms with Crippen molar-refractivity contribution >= 4 is 10.9 Å². The fourth-order valence-electron chi connectivity index (χ4n) is 3.40. The van der Waals surface area contributed by atoms with E-state index in [1.54, 1.807) is 5.92 Å². The van der Waals surface area contributed by atoms with E-state index in [-0.39, 0.29) is 0 Å². The van der Waals surface area contributed by atoms with Gasteiger partial charge in [-0.1, -0.05) is 55.7 Å². The van der Waals surface area contributed by atoms with Crippen molar-refractivity contribution in [2.75, 3.05) is 0 Å². The van der Waals surface area contributed by atoms with Crippen LogP contribution in [0, 0.1) is 5.92 Å². The Bertz CT molecular complexity index is 804. The minimum absolute atomic E-state index is 0.501. The number of rotatable bonds is 4. The zero-order valence-electron chi connectivity index (χ0n) is 13.9. The number of hydrogen-bond donors (Lipinski definition) is 0. The van der Waals surface area contributed by atoms with E-state index in [4.69, 9.17) is 4.74 Å². The van der Waals surface area contributed by atoms with Crippen LogP contribution in [0.3, 0.4) is 0 Å². The molecule has 0 unspecified atom stereocenters. The standard InChI is InChI=1S/C22H22NO/c1-2-6-17(7-3-1)18-11-14-21(15-12-18)24-16-20-13-10-19-8-4-5-9-22(19)23-20/h4-5,8-15H,1-3,6-7,16H2. The smallest absolute Gasteiger partial charge is 0.130 e. The summed E-state index contributed by atoms with van der Waals surface area (Å²) in [7, 11) is 0. The normalized spacial score (nSPS) is 15.5.